The van der Waals surface area contributed by atoms with Crippen LogP contribution in [0.4, 0.5) is 17.1 Å². The zero-order valence-corrected chi connectivity index (χ0v) is 10.8. The van der Waals surface area contributed by atoms with Gasteiger partial charge in [0.15, 0.2) is 0 Å². The molecule has 2 aromatic carbocycles. The van der Waals surface area contributed by atoms with E-state index in [1.807, 2.05) is 6.07 Å². The van der Waals surface area contributed by atoms with Crippen molar-refractivity contribution in [2.45, 2.75) is 0 Å². The van der Waals surface area contributed by atoms with Crippen LogP contribution in [0.3, 0.4) is 0 Å². The molecule has 0 saturated carbocycles. The Kier molecular flexibility index (Phi) is 3.61. The maximum atomic E-state index is 8.90. The number of nitrogens with two attached hydrogens (primary N) is 1. The van der Waals surface area contributed by atoms with Gasteiger partial charge in [0.25, 0.3) is 0 Å². The van der Waals surface area contributed by atoms with Gasteiger partial charge >= 0.3 is 0 Å². The molecular weight excluding hydrogens is 269 g/mol. The van der Waals surface area contributed by atoms with E-state index in [9.17, 15) is 0 Å². The highest BCUT2D eigenvalue weighted by Gasteiger charge is 2.04. The molecule has 0 atom stereocenters. The number of hydrogen-bond donors (Lipinski definition) is 2. The predicted octanol–water partition coefficient (Wildman–Crippen LogP) is 4.19. The van der Waals surface area contributed by atoms with E-state index in [1.165, 1.54) is 0 Å². The molecule has 2 aromatic rings. The number of nitriles is 1. The summed E-state index contributed by atoms with van der Waals surface area (Å²) in [6.45, 7) is 0. The summed E-state index contributed by atoms with van der Waals surface area (Å²) < 4.78 is 0. The molecule has 0 aliphatic rings. The maximum Gasteiger partial charge on any atom is 0.101 e. The van der Waals surface area contributed by atoms with Crippen LogP contribution in [-0.2, 0) is 0 Å². The van der Waals surface area contributed by atoms with Gasteiger partial charge in [0.1, 0.15) is 6.07 Å². The van der Waals surface area contributed by atoms with Crippen LogP contribution in [0.1, 0.15) is 5.56 Å². The molecule has 0 aliphatic heterocycles. The molecule has 0 saturated heterocycles. The van der Waals surface area contributed by atoms with E-state index >= 15 is 0 Å². The van der Waals surface area contributed by atoms with Gasteiger partial charge in [0.05, 0.1) is 16.3 Å². The second-order valence-electron chi connectivity index (χ2n) is 3.66. The van der Waals surface area contributed by atoms with Crippen LogP contribution >= 0.6 is 23.2 Å². The Labute approximate surface area is 115 Å². The molecule has 2 rings (SSSR count). The highest BCUT2D eigenvalue weighted by molar-refractivity contribution is 6.36. The van der Waals surface area contributed by atoms with Crippen molar-refractivity contribution in [3.8, 4) is 6.07 Å². The van der Waals surface area contributed by atoms with Crippen LogP contribution in [0.2, 0.25) is 10.0 Å². The average molecular weight is 278 g/mol. The normalized spacial score (nSPS) is 9.83. The number of nitrogens with zero attached hydrogens (tertiary/aromatic N) is 1. The van der Waals surface area contributed by atoms with E-state index in [2.05, 4.69) is 5.32 Å². The Balaban J connectivity index is 2.32. The van der Waals surface area contributed by atoms with Gasteiger partial charge in [-0.15, -0.1) is 0 Å². The lowest BCUT2D eigenvalue weighted by Crippen LogP contribution is -1.95. The molecule has 0 aromatic heterocycles. The first-order valence-corrected chi connectivity index (χ1v) is 5.87. The summed E-state index contributed by atoms with van der Waals surface area (Å²) in [6, 6.07) is 12.3. The number of rotatable bonds is 2. The maximum absolute atomic E-state index is 8.90. The van der Waals surface area contributed by atoms with Crippen LogP contribution in [0, 0.1) is 11.3 Å². The number of nitrogen functional groups attached to an aromatic ring is 1. The van der Waals surface area contributed by atoms with Crippen LogP contribution in [-0.4, -0.2) is 0 Å². The van der Waals surface area contributed by atoms with Crippen LogP contribution < -0.4 is 11.1 Å². The second-order valence-corrected chi connectivity index (χ2v) is 4.51. The molecule has 0 heterocycles. The Hall–Kier alpha value is -1.89. The van der Waals surface area contributed by atoms with Crippen molar-refractivity contribution in [1.82, 2.24) is 0 Å². The van der Waals surface area contributed by atoms with Crippen molar-refractivity contribution >= 4 is 40.3 Å². The minimum absolute atomic E-state index is 0.421. The molecule has 18 heavy (non-hydrogen) atoms. The summed E-state index contributed by atoms with van der Waals surface area (Å²) >= 11 is 11.9. The van der Waals surface area contributed by atoms with Crippen LogP contribution in [0.25, 0.3) is 0 Å². The second kappa shape index (κ2) is 5.18. The van der Waals surface area contributed by atoms with Gasteiger partial charge in [-0.1, -0.05) is 23.2 Å². The van der Waals surface area contributed by atoms with E-state index in [-0.39, 0.29) is 0 Å². The summed E-state index contributed by atoms with van der Waals surface area (Å²) in [5.74, 6) is 0. The predicted molar refractivity (Wildman–Crippen MR) is 75.3 cm³/mol. The summed E-state index contributed by atoms with van der Waals surface area (Å²) in [5, 5.41) is 13.1. The Morgan fingerprint density at radius 2 is 1.89 bits per heavy atom. The van der Waals surface area contributed by atoms with Gasteiger partial charge in [-0.2, -0.15) is 5.26 Å². The van der Waals surface area contributed by atoms with Crippen LogP contribution in [0.15, 0.2) is 36.4 Å². The first kappa shape index (κ1) is 12.6. The van der Waals surface area contributed by atoms with Gasteiger partial charge in [0.2, 0.25) is 0 Å². The first-order valence-electron chi connectivity index (χ1n) is 5.12. The van der Waals surface area contributed by atoms with Gasteiger partial charge in [-0.3, -0.25) is 0 Å². The average Bonchev–Trinajstić information content (AvgIpc) is 2.35. The third-order valence-corrected chi connectivity index (χ3v) is 2.93. The lowest BCUT2D eigenvalue weighted by atomic mass is 10.1. The summed E-state index contributed by atoms with van der Waals surface area (Å²) in [6.07, 6.45) is 0. The lowest BCUT2D eigenvalue weighted by Gasteiger charge is -2.09. The third kappa shape index (κ3) is 2.67. The number of benzene rings is 2. The largest absolute Gasteiger partial charge is 0.398 e. The number of halogens is 2. The number of anilines is 3. The molecule has 0 spiro atoms. The summed E-state index contributed by atoms with van der Waals surface area (Å²) in [7, 11) is 0. The summed E-state index contributed by atoms with van der Waals surface area (Å²) in [4.78, 5) is 0. The number of hydrogen-bond acceptors (Lipinski definition) is 3. The zero-order chi connectivity index (χ0) is 13.1. The molecular formula is C13H9Cl2N3. The van der Waals surface area contributed by atoms with Crippen molar-refractivity contribution in [1.29, 1.82) is 5.26 Å². The molecule has 5 heteroatoms. The molecule has 90 valence electrons. The van der Waals surface area contributed by atoms with Crippen molar-refractivity contribution in [3.05, 3.63) is 52.0 Å². The molecule has 3 nitrogen and oxygen atoms in total. The van der Waals surface area contributed by atoms with Gasteiger partial charge in [-0.05, 0) is 36.4 Å². The van der Waals surface area contributed by atoms with Gasteiger partial charge in [0, 0.05) is 16.4 Å². The highest BCUT2D eigenvalue weighted by atomic mass is 35.5. The van der Waals surface area contributed by atoms with Crippen molar-refractivity contribution in [2.24, 2.45) is 0 Å². The Morgan fingerprint density at radius 1 is 1.11 bits per heavy atom. The van der Waals surface area contributed by atoms with E-state index in [0.717, 1.165) is 11.4 Å². The molecule has 0 fully saturated rings. The fourth-order valence-corrected chi connectivity index (χ4v) is 1.93. The smallest absolute Gasteiger partial charge is 0.101 e. The molecule has 0 aliphatic carbocycles. The molecule has 3 N–H and O–H groups in total. The Bertz CT molecular complexity index is 633. The van der Waals surface area contributed by atoms with E-state index in [1.54, 1.807) is 36.4 Å². The molecule has 0 unspecified atom stereocenters. The standard InChI is InChI=1S/C13H9Cl2N3/c14-9-1-4-13(11(15)6-9)18-10-2-3-12(17)8(5-10)7-16/h1-6,18H,17H2. The third-order valence-electron chi connectivity index (χ3n) is 2.38. The van der Waals surface area contributed by atoms with Crippen molar-refractivity contribution < 1.29 is 0 Å². The summed E-state index contributed by atoms with van der Waals surface area (Å²) in [5.41, 5.74) is 7.98. The molecule has 0 amide bonds. The monoisotopic (exact) mass is 277 g/mol. The van der Waals surface area contributed by atoms with Crippen molar-refractivity contribution in [3.63, 3.8) is 0 Å². The zero-order valence-electron chi connectivity index (χ0n) is 9.24. The van der Waals surface area contributed by atoms with E-state index < -0.39 is 0 Å². The first-order chi connectivity index (χ1) is 8.60. The quantitative estimate of drug-likeness (QED) is 0.809. The van der Waals surface area contributed by atoms with Gasteiger partial charge < -0.3 is 11.1 Å². The van der Waals surface area contributed by atoms with Crippen molar-refractivity contribution in [2.75, 3.05) is 11.1 Å². The Morgan fingerprint density at radius 3 is 2.56 bits per heavy atom. The fraction of sp³-hybridized carbons (Fsp3) is 0. The molecule has 0 bridgehead atoms. The minimum atomic E-state index is 0.421. The van der Waals surface area contributed by atoms with E-state index in [0.29, 0.717) is 21.3 Å². The number of nitrogens with one attached hydrogen (secondary N) is 1. The van der Waals surface area contributed by atoms with E-state index in [4.69, 9.17) is 34.2 Å². The highest BCUT2D eigenvalue weighted by Crippen LogP contribution is 2.29. The topological polar surface area (TPSA) is 61.8 Å². The lowest BCUT2D eigenvalue weighted by molar-refractivity contribution is 1.47. The minimum Gasteiger partial charge on any atom is -0.398 e. The fourth-order valence-electron chi connectivity index (χ4n) is 1.48. The molecule has 0 radical (unpaired) electrons. The van der Waals surface area contributed by atoms with Crippen LogP contribution in [0.5, 0.6) is 0 Å². The SMILES string of the molecule is N#Cc1cc(Nc2ccc(Cl)cc2Cl)ccc1N. The van der Waals surface area contributed by atoms with Gasteiger partial charge in [-0.25, -0.2) is 0 Å².